The molecule has 0 saturated carbocycles. The van der Waals surface area contributed by atoms with Gasteiger partial charge in [-0.05, 0) is 30.4 Å². The molecule has 0 aliphatic carbocycles. The normalized spacial score (nSPS) is 9.69. The van der Waals surface area contributed by atoms with Gasteiger partial charge in [-0.2, -0.15) is 0 Å². The number of hydrogen-bond donors (Lipinski definition) is 2. The predicted octanol–water partition coefficient (Wildman–Crippen LogP) is 2.70. The van der Waals surface area contributed by atoms with Crippen LogP contribution in [-0.4, -0.2) is 11.0 Å². The zero-order valence-corrected chi connectivity index (χ0v) is 10.1. The Kier molecular flexibility index (Phi) is 4.64. The molecule has 6 heteroatoms. The SMILES string of the molecule is CCC(=O)NC(=S)Nc1cc(F)cc(Cl)c1. The first-order chi connectivity index (χ1) is 7.51. The predicted molar refractivity (Wildman–Crippen MR) is 66.1 cm³/mol. The summed E-state index contributed by atoms with van der Waals surface area (Å²) < 4.78 is 13.0. The molecule has 0 aromatic heterocycles. The molecule has 2 N–H and O–H groups in total. The second-order valence-electron chi connectivity index (χ2n) is 3.01. The van der Waals surface area contributed by atoms with Crippen LogP contribution in [-0.2, 0) is 4.79 Å². The van der Waals surface area contributed by atoms with E-state index in [-0.39, 0.29) is 16.0 Å². The summed E-state index contributed by atoms with van der Waals surface area (Å²) in [6, 6.07) is 3.92. The number of carbonyl (C=O) groups excluding carboxylic acids is 1. The molecule has 16 heavy (non-hydrogen) atoms. The zero-order valence-electron chi connectivity index (χ0n) is 8.51. The van der Waals surface area contributed by atoms with E-state index in [0.29, 0.717) is 12.1 Å². The third-order valence-electron chi connectivity index (χ3n) is 1.69. The lowest BCUT2D eigenvalue weighted by atomic mass is 10.3. The summed E-state index contributed by atoms with van der Waals surface area (Å²) in [7, 11) is 0. The highest BCUT2D eigenvalue weighted by atomic mass is 35.5. The highest BCUT2D eigenvalue weighted by Crippen LogP contribution is 2.17. The van der Waals surface area contributed by atoms with Gasteiger partial charge in [-0.15, -0.1) is 0 Å². The van der Waals surface area contributed by atoms with Gasteiger partial charge < -0.3 is 10.6 Å². The molecule has 0 heterocycles. The van der Waals surface area contributed by atoms with Crippen LogP contribution >= 0.6 is 23.8 Å². The highest BCUT2D eigenvalue weighted by molar-refractivity contribution is 7.80. The number of hydrogen-bond acceptors (Lipinski definition) is 2. The Bertz CT molecular complexity index is 405. The summed E-state index contributed by atoms with van der Waals surface area (Å²) in [5, 5.41) is 5.47. The van der Waals surface area contributed by atoms with Gasteiger partial charge in [0.15, 0.2) is 5.11 Å². The van der Waals surface area contributed by atoms with Crippen LogP contribution in [0.2, 0.25) is 5.02 Å². The number of carbonyl (C=O) groups is 1. The summed E-state index contributed by atoms with van der Waals surface area (Å²) in [6.07, 6.45) is 0.325. The average molecular weight is 261 g/mol. The molecular weight excluding hydrogens is 251 g/mol. The molecule has 0 radical (unpaired) electrons. The van der Waals surface area contributed by atoms with E-state index >= 15 is 0 Å². The van der Waals surface area contributed by atoms with Gasteiger partial charge in [0.05, 0.1) is 0 Å². The van der Waals surface area contributed by atoms with E-state index < -0.39 is 5.82 Å². The summed E-state index contributed by atoms with van der Waals surface area (Å²) in [5.74, 6) is -0.681. The van der Waals surface area contributed by atoms with Gasteiger partial charge in [0.1, 0.15) is 5.82 Å². The maximum absolute atomic E-state index is 13.0. The van der Waals surface area contributed by atoms with E-state index in [2.05, 4.69) is 10.6 Å². The lowest BCUT2D eigenvalue weighted by Gasteiger charge is -2.09. The quantitative estimate of drug-likeness (QED) is 0.804. The van der Waals surface area contributed by atoms with Gasteiger partial charge in [0.2, 0.25) is 5.91 Å². The van der Waals surface area contributed by atoms with Gasteiger partial charge >= 0.3 is 0 Å². The molecule has 1 amide bonds. The first-order valence-electron chi connectivity index (χ1n) is 4.58. The largest absolute Gasteiger partial charge is 0.332 e. The van der Waals surface area contributed by atoms with Crippen molar-refractivity contribution >= 4 is 40.5 Å². The monoisotopic (exact) mass is 260 g/mol. The topological polar surface area (TPSA) is 41.1 Å². The Labute approximate surface area is 103 Å². The van der Waals surface area contributed by atoms with Crippen LogP contribution in [0, 0.1) is 5.82 Å². The second-order valence-corrected chi connectivity index (χ2v) is 3.86. The first kappa shape index (κ1) is 12.9. The summed E-state index contributed by atoms with van der Waals surface area (Å²) in [6.45, 7) is 1.71. The Morgan fingerprint density at radius 3 is 2.75 bits per heavy atom. The summed E-state index contributed by atoms with van der Waals surface area (Å²) in [5.41, 5.74) is 0.395. The van der Waals surface area contributed by atoms with E-state index in [1.165, 1.54) is 18.2 Å². The van der Waals surface area contributed by atoms with Crippen LogP contribution in [0.1, 0.15) is 13.3 Å². The molecule has 0 spiro atoms. The van der Waals surface area contributed by atoms with E-state index in [4.69, 9.17) is 23.8 Å². The van der Waals surface area contributed by atoms with E-state index in [0.717, 1.165) is 0 Å². The van der Waals surface area contributed by atoms with Crippen molar-refractivity contribution < 1.29 is 9.18 Å². The zero-order chi connectivity index (χ0) is 12.1. The minimum absolute atomic E-state index is 0.119. The van der Waals surface area contributed by atoms with E-state index in [1.54, 1.807) is 6.92 Å². The number of thiocarbonyl (C=S) groups is 1. The van der Waals surface area contributed by atoms with Crippen LogP contribution in [0.3, 0.4) is 0 Å². The third-order valence-corrected chi connectivity index (χ3v) is 2.12. The van der Waals surface area contributed by atoms with Crippen LogP contribution < -0.4 is 10.6 Å². The Morgan fingerprint density at radius 1 is 1.50 bits per heavy atom. The third kappa shape index (κ3) is 4.12. The molecular formula is C10H10ClFN2OS. The Balaban J connectivity index is 2.66. The molecule has 1 aromatic rings. The van der Waals surface area contributed by atoms with Crippen LogP contribution in [0.5, 0.6) is 0 Å². The summed E-state index contributed by atoms with van der Waals surface area (Å²) in [4.78, 5) is 11.0. The molecule has 1 rings (SSSR count). The fourth-order valence-electron chi connectivity index (χ4n) is 1.00. The Hall–Kier alpha value is -1.20. The van der Waals surface area contributed by atoms with Crippen molar-refractivity contribution in [3.8, 4) is 0 Å². The van der Waals surface area contributed by atoms with Gasteiger partial charge in [0.25, 0.3) is 0 Å². The standard InChI is InChI=1S/C10H10ClFN2OS/c1-2-9(15)14-10(16)13-8-4-6(11)3-7(12)5-8/h3-5H,2H2,1H3,(H2,13,14,15,16). The van der Waals surface area contributed by atoms with Crippen LogP contribution in [0.25, 0.3) is 0 Å². The molecule has 1 aromatic carbocycles. The number of benzene rings is 1. The van der Waals surface area contributed by atoms with E-state index in [1.807, 2.05) is 0 Å². The fraction of sp³-hybridized carbons (Fsp3) is 0.200. The molecule has 0 unspecified atom stereocenters. The van der Waals surface area contributed by atoms with Crippen molar-refractivity contribution in [3.05, 3.63) is 29.0 Å². The molecule has 3 nitrogen and oxygen atoms in total. The fourth-order valence-corrected chi connectivity index (χ4v) is 1.46. The maximum Gasteiger partial charge on any atom is 0.225 e. The number of amides is 1. The minimum atomic E-state index is -0.473. The first-order valence-corrected chi connectivity index (χ1v) is 5.37. The van der Waals surface area contributed by atoms with Crippen molar-refractivity contribution in [1.29, 1.82) is 0 Å². The minimum Gasteiger partial charge on any atom is -0.332 e. The van der Waals surface area contributed by atoms with Crippen molar-refractivity contribution in [2.24, 2.45) is 0 Å². The van der Waals surface area contributed by atoms with Gasteiger partial charge in [-0.1, -0.05) is 18.5 Å². The van der Waals surface area contributed by atoms with Crippen molar-refractivity contribution in [2.75, 3.05) is 5.32 Å². The molecule has 0 fully saturated rings. The lowest BCUT2D eigenvalue weighted by Crippen LogP contribution is -2.33. The average Bonchev–Trinajstić information content (AvgIpc) is 2.15. The highest BCUT2D eigenvalue weighted by Gasteiger charge is 2.04. The molecule has 0 atom stereocenters. The molecule has 0 aliphatic heterocycles. The number of halogens is 2. The smallest absolute Gasteiger partial charge is 0.225 e. The Morgan fingerprint density at radius 2 is 2.19 bits per heavy atom. The van der Waals surface area contributed by atoms with Gasteiger partial charge in [0, 0.05) is 17.1 Å². The number of anilines is 1. The maximum atomic E-state index is 13.0. The van der Waals surface area contributed by atoms with Crippen LogP contribution in [0.15, 0.2) is 18.2 Å². The number of nitrogens with one attached hydrogen (secondary N) is 2. The summed E-state index contributed by atoms with van der Waals surface area (Å²) >= 11 is 10.5. The molecule has 0 aliphatic rings. The molecule has 0 bridgehead atoms. The van der Waals surface area contributed by atoms with Gasteiger partial charge in [-0.3, -0.25) is 4.79 Å². The van der Waals surface area contributed by atoms with Crippen LogP contribution in [0.4, 0.5) is 10.1 Å². The van der Waals surface area contributed by atoms with Crippen molar-refractivity contribution in [2.45, 2.75) is 13.3 Å². The second kappa shape index (κ2) is 5.77. The van der Waals surface area contributed by atoms with Crippen molar-refractivity contribution in [1.82, 2.24) is 5.32 Å². The molecule has 0 saturated heterocycles. The molecule has 86 valence electrons. The van der Waals surface area contributed by atoms with Gasteiger partial charge in [-0.25, -0.2) is 4.39 Å². The lowest BCUT2D eigenvalue weighted by molar-refractivity contribution is -0.119. The van der Waals surface area contributed by atoms with E-state index in [9.17, 15) is 9.18 Å². The van der Waals surface area contributed by atoms with Crippen molar-refractivity contribution in [3.63, 3.8) is 0 Å². The number of rotatable bonds is 2.